The summed E-state index contributed by atoms with van der Waals surface area (Å²) in [6.07, 6.45) is -0.834. The molecule has 7 heteroatoms. The SMILES string of the molecule is CCOC(=O)[C@@H]1CC(=O)[C@H](c2ccc(OC)cc2)N1C(=O)OC. The number of amides is 1. The molecule has 1 fully saturated rings. The first-order valence-corrected chi connectivity index (χ1v) is 7.23. The molecule has 0 unspecified atom stereocenters. The normalized spacial score (nSPS) is 20.3. The molecule has 124 valence electrons. The number of ether oxygens (including phenoxy) is 3. The van der Waals surface area contributed by atoms with E-state index in [0.29, 0.717) is 11.3 Å². The smallest absolute Gasteiger partial charge is 0.411 e. The van der Waals surface area contributed by atoms with Crippen molar-refractivity contribution in [2.24, 2.45) is 0 Å². The second kappa shape index (κ2) is 7.13. The number of methoxy groups -OCH3 is 2. The van der Waals surface area contributed by atoms with E-state index in [2.05, 4.69) is 0 Å². The van der Waals surface area contributed by atoms with E-state index >= 15 is 0 Å². The fourth-order valence-corrected chi connectivity index (χ4v) is 2.64. The molecule has 0 aromatic heterocycles. The molecule has 23 heavy (non-hydrogen) atoms. The van der Waals surface area contributed by atoms with Gasteiger partial charge in [-0.1, -0.05) is 12.1 Å². The number of Topliss-reactive ketones (excluding diaryl/α,β-unsaturated/α-hetero) is 1. The summed E-state index contributed by atoms with van der Waals surface area (Å²) in [6.45, 7) is 1.84. The van der Waals surface area contributed by atoms with Crippen LogP contribution in [-0.2, 0) is 19.1 Å². The van der Waals surface area contributed by atoms with Crippen molar-refractivity contribution in [2.45, 2.75) is 25.4 Å². The fourth-order valence-electron chi connectivity index (χ4n) is 2.64. The Hall–Kier alpha value is -2.57. The Morgan fingerprint density at radius 1 is 1.22 bits per heavy atom. The van der Waals surface area contributed by atoms with Gasteiger partial charge in [0.2, 0.25) is 0 Å². The Morgan fingerprint density at radius 2 is 1.87 bits per heavy atom. The van der Waals surface area contributed by atoms with Crippen LogP contribution in [0.5, 0.6) is 5.75 Å². The van der Waals surface area contributed by atoms with E-state index in [4.69, 9.17) is 14.2 Å². The number of likely N-dealkylation sites (tertiary alicyclic amines) is 1. The molecule has 1 saturated heterocycles. The molecule has 1 aromatic carbocycles. The Bertz CT molecular complexity index is 597. The van der Waals surface area contributed by atoms with Crippen molar-refractivity contribution in [1.82, 2.24) is 4.90 Å². The van der Waals surface area contributed by atoms with Crippen molar-refractivity contribution in [3.63, 3.8) is 0 Å². The maximum absolute atomic E-state index is 12.4. The zero-order chi connectivity index (χ0) is 17.0. The third kappa shape index (κ3) is 3.28. The van der Waals surface area contributed by atoms with Crippen LogP contribution in [0.15, 0.2) is 24.3 Å². The van der Waals surface area contributed by atoms with Gasteiger partial charge in [-0.05, 0) is 24.6 Å². The quantitative estimate of drug-likeness (QED) is 0.785. The summed E-state index contributed by atoms with van der Waals surface area (Å²) in [5.74, 6) is -0.216. The van der Waals surface area contributed by atoms with Crippen LogP contribution in [0.4, 0.5) is 4.79 Å². The second-order valence-corrected chi connectivity index (χ2v) is 4.99. The van der Waals surface area contributed by atoms with E-state index in [-0.39, 0.29) is 18.8 Å². The van der Waals surface area contributed by atoms with E-state index in [9.17, 15) is 14.4 Å². The first-order chi connectivity index (χ1) is 11.0. The number of nitrogens with zero attached hydrogens (tertiary/aromatic N) is 1. The Balaban J connectivity index is 2.36. The molecule has 7 nitrogen and oxygen atoms in total. The van der Waals surface area contributed by atoms with Gasteiger partial charge >= 0.3 is 12.1 Å². The Kier molecular flexibility index (Phi) is 5.20. The molecule has 0 aliphatic carbocycles. The van der Waals surface area contributed by atoms with Gasteiger partial charge in [0.05, 0.1) is 20.8 Å². The largest absolute Gasteiger partial charge is 0.497 e. The summed E-state index contributed by atoms with van der Waals surface area (Å²) in [7, 11) is 2.74. The van der Waals surface area contributed by atoms with Crippen LogP contribution in [0, 0.1) is 0 Å². The summed E-state index contributed by atoms with van der Waals surface area (Å²) in [5.41, 5.74) is 0.591. The lowest BCUT2D eigenvalue weighted by molar-refractivity contribution is -0.148. The van der Waals surface area contributed by atoms with Gasteiger partial charge < -0.3 is 14.2 Å². The minimum Gasteiger partial charge on any atom is -0.497 e. The molecular formula is C16H19NO6. The van der Waals surface area contributed by atoms with Crippen molar-refractivity contribution in [3.8, 4) is 5.75 Å². The number of rotatable bonds is 4. The van der Waals surface area contributed by atoms with E-state index in [1.54, 1.807) is 31.2 Å². The van der Waals surface area contributed by atoms with Gasteiger partial charge in [0, 0.05) is 6.42 Å². The second-order valence-electron chi connectivity index (χ2n) is 4.99. The molecule has 0 radical (unpaired) electrons. The van der Waals surface area contributed by atoms with Crippen molar-refractivity contribution < 1.29 is 28.6 Å². The van der Waals surface area contributed by atoms with Gasteiger partial charge in [-0.2, -0.15) is 0 Å². The number of hydrogen-bond acceptors (Lipinski definition) is 6. The van der Waals surface area contributed by atoms with Gasteiger partial charge in [-0.25, -0.2) is 9.59 Å². The van der Waals surface area contributed by atoms with Crippen molar-refractivity contribution in [3.05, 3.63) is 29.8 Å². The average Bonchev–Trinajstić information content (AvgIpc) is 2.92. The summed E-state index contributed by atoms with van der Waals surface area (Å²) in [4.78, 5) is 37.7. The first-order valence-electron chi connectivity index (χ1n) is 7.23. The molecule has 1 amide bonds. The lowest BCUT2D eigenvalue weighted by Gasteiger charge is -2.26. The third-order valence-electron chi connectivity index (χ3n) is 3.69. The van der Waals surface area contributed by atoms with Gasteiger partial charge in [0.1, 0.15) is 17.8 Å². The molecule has 2 atom stereocenters. The van der Waals surface area contributed by atoms with Gasteiger partial charge in [0.15, 0.2) is 5.78 Å². The van der Waals surface area contributed by atoms with Crippen molar-refractivity contribution in [1.29, 1.82) is 0 Å². The molecule has 1 heterocycles. The van der Waals surface area contributed by atoms with Crippen LogP contribution in [0.1, 0.15) is 24.9 Å². The van der Waals surface area contributed by atoms with Crippen molar-refractivity contribution in [2.75, 3.05) is 20.8 Å². The average molecular weight is 321 g/mol. The van der Waals surface area contributed by atoms with Gasteiger partial charge in [-0.3, -0.25) is 9.69 Å². The van der Waals surface area contributed by atoms with Crippen LogP contribution < -0.4 is 4.74 Å². The summed E-state index contributed by atoms with van der Waals surface area (Å²) < 4.78 is 14.8. The van der Waals surface area contributed by atoms with E-state index < -0.39 is 24.1 Å². The zero-order valence-corrected chi connectivity index (χ0v) is 13.3. The molecule has 1 aromatic rings. The van der Waals surface area contributed by atoms with Crippen LogP contribution in [-0.4, -0.2) is 49.6 Å². The molecule has 0 N–H and O–H groups in total. The number of carbonyl (C=O) groups is 3. The number of esters is 1. The number of ketones is 1. The minimum atomic E-state index is -0.970. The maximum Gasteiger partial charge on any atom is 0.411 e. The lowest BCUT2D eigenvalue weighted by atomic mass is 10.0. The molecule has 1 aliphatic heterocycles. The van der Waals surface area contributed by atoms with Gasteiger partial charge in [0.25, 0.3) is 0 Å². The van der Waals surface area contributed by atoms with Crippen LogP contribution in [0.2, 0.25) is 0 Å². The third-order valence-corrected chi connectivity index (χ3v) is 3.69. The topological polar surface area (TPSA) is 82.1 Å². The predicted octanol–water partition coefficient (Wildman–Crippen LogP) is 1.71. The molecule has 2 rings (SSSR count). The fraction of sp³-hybridized carbons (Fsp3) is 0.438. The highest BCUT2D eigenvalue weighted by atomic mass is 16.6. The van der Waals surface area contributed by atoms with Crippen LogP contribution >= 0.6 is 0 Å². The highest BCUT2D eigenvalue weighted by molar-refractivity contribution is 5.98. The molecule has 0 spiro atoms. The standard InChI is InChI=1S/C16H19NO6/c1-4-23-15(19)12-9-13(18)14(17(12)16(20)22-3)10-5-7-11(21-2)8-6-10/h5-8,12,14H,4,9H2,1-3H3/t12-,14-/m0/s1. The summed E-state index contributed by atoms with van der Waals surface area (Å²) >= 11 is 0. The highest BCUT2D eigenvalue weighted by Crippen LogP contribution is 2.35. The van der Waals surface area contributed by atoms with E-state index in [0.717, 1.165) is 4.90 Å². The summed E-state index contributed by atoms with van der Waals surface area (Å²) in [5, 5.41) is 0. The van der Waals surface area contributed by atoms with Crippen LogP contribution in [0.25, 0.3) is 0 Å². The van der Waals surface area contributed by atoms with Crippen LogP contribution in [0.3, 0.4) is 0 Å². The molecule has 0 bridgehead atoms. The first kappa shape index (κ1) is 16.8. The maximum atomic E-state index is 12.4. The Morgan fingerprint density at radius 3 is 2.39 bits per heavy atom. The zero-order valence-electron chi connectivity index (χ0n) is 13.3. The number of benzene rings is 1. The molecule has 0 saturated carbocycles. The van der Waals surface area contributed by atoms with E-state index in [1.807, 2.05) is 0 Å². The number of hydrogen-bond donors (Lipinski definition) is 0. The Labute approximate surface area is 134 Å². The lowest BCUT2D eigenvalue weighted by Crippen LogP contribution is -2.42. The predicted molar refractivity (Wildman–Crippen MR) is 80.0 cm³/mol. The molecule has 1 aliphatic rings. The highest BCUT2D eigenvalue weighted by Gasteiger charge is 2.48. The minimum absolute atomic E-state index is 0.0926. The van der Waals surface area contributed by atoms with Gasteiger partial charge in [-0.15, -0.1) is 0 Å². The molecular weight excluding hydrogens is 302 g/mol. The number of carbonyl (C=O) groups excluding carboxylic acids is 3. The monoisotopic (exact) mass is 321 g/mol. The summed E-state index contributed by atoms with van der Waals surface area (Å²) in [6, 6.07) is 4.91. The van der Waals surface area contributed by atoms with E-state index in [1.165, 1.54) is 14.2 Å². The van der Waals surface area contributed by atoms with Crippen molar-refractivity contribution >= 4 is 17.8 Å².